The molecule has 1 unspecified atom stereocenters. The van der Waals surface area contributed by atoms with Crippen LogP contribution >= 0.6 is 0 Å². The van der Waals surface area contributed by atoms with E-state index in [1.54, 1.807) is 19.3 Å². The van der Waals surface area contributed by atoms with Crippen molar-refractivity contribution in [2.45, 2.75) is 52.4 Å². The smallest absolute Gasteiger partial charge is 0.266 e. The van der Waals surface area contributed by atoms with Crippen molar-refractivity contribution in [2.75, 3.05) is 5.32 Å². The van der Waals surface area contributed by atoms with Crippen LogP contribution in [0, 0.1) is 25.7 Å². The minimum absolute atomic E-state index is 0.145. The van der Waals surface area contributed by atoms with Crippen molar-refractivity contribution >= 4 is 17.5 Å². The number of nitrogens with zero attached hydrogens (tertiary/aromatic N) is 4. The lowest BCUT2D eigenvalue weighted by atomic mass is 9.75. The fourth-order valence-corrected chi connectivity index (χ4v) is 4.85. The van der Waals surface area contributed by atoms with E-state index in [2.05, 4.69) is 32.5 Å². The van der Waals surface area contributed by atoms with E-state index in [1.165, 1.54) is 4.68 Å². The lowest BCUT2D eigenvalue weighted by Gasteiger charge is -2.31. The van der Waals surface area contributed by atoms with Crippen LogP contribution in [0.3, 0.4) is 0 Å². The van der Waals surface area contributed by atoms with E-state index in [0.717, 1.165) is 48.3 Å². The molecule has 3 heterocycles. The number of pyridine rings is 1. The first kappa shape index (κ1) is 22.7. The molecule has 0 aromatic carbocycles. The quantitative estimate of drug-likeness (QED) is 0.530. The minimum atomic E-state index is -0.558. The van der Waals surface area contributed by atoms with Crippen LogP contribution < -0.4 is 11.1 Å². The van der Waals surface area contributed by atoms with E-state index in [-0.39, 0.29) is 11.8 Å². The Hall–Kier alpha value is -3.49. The Morgan fingerprint density at radius 2 is 1.94 bits per heavy atom. The molecule has 1 saturated carbocycles. The van der Waals surface area contributed by atoms with Crippen LogP contribution in [0.15, 0.2) is 24.4 Å². The van der Waals surface area contributed by atoms with Crippen LogP contribution in [-0.2, 0) is 11.8 Å². The fourth-order valence-electron chi connectivity index (χ4n) is 4.85. The summed E-state index contributed by atoms with van der Waals surface area (Å²) in [4.78, 5) is 29.8. The standard InChI is InChI=1S/C24H31N7O2/c1-13-5-7-16(8-6-13)22(19-11-20(23(25)32)31(4)30-19)24(33)27-17-9-10-18(26-12-17)21-14(2)28-29-15(21)3/h9-13,16,22H,5-8H2,1-4H3,(H2,25,32)(H,27,33)(H,28,29). The molecule has 33 heavy (non-hydrogen) atoms. The molecular weight excluding hydrogens is 418 g/mol. The first-order valence-electron chi connectivity index (χ1n) is 11.4. The molecule has 9 nitrogen and oxygen atoms in total. The Bertz CT molecular complexity index is 1130. The van der Waals surface area contributed by atoms with E-state index in [9.17, 15) is 9.59 Å². The normalized spacial score (nSPS) is 19.3. The number of nitrogens with one attached hydrogen (secondary N) is 2. The predicted octanol–water partition coefficient (Wildman–Crippen LogP) is 3.47. The molecule has 2 amide bonds. The minimum Gasteiger partial charge on any atom is -0.364 e. The molecule has 0 aliphatic heterocycles. The van der Waals surface area contributed by atoms with E-state index in [1.807, 2.05) is 26.0 Å². The first-order valence-corrected chi connectivity index (χ1v) is 11.4. The summed E-state index contributed by atoms with van der Waals surface area (Å²) >= 11 is 0. The molecule has 3 aromatic heterocycles. The third-order valence-electron chi connectivity index (χ3n) is 6.70. The maximum Gasteiger partial charge on any atom is 0.266 e. The number of amides is 2. The van der Waals surface area contributed by atoms with E-state index < -0.39 is 11.8 Å². The van der Waals surface area contributed by atoms with Crippen LogP contribution in [0.4, 0.5) is 5.69 Å². The summed E-state index contributed by atoms with van der Waals surface area (Å²) in [6, 6.07) is 5.37. The molecule has 0 bridgehead atoms. The Kier molecular flexibility index (Phi) is 6.31. The number of hydrogen-bond acceptors (Lipinski definition) is 5. The summed E-state index contributed by atoms with van der Waals surface area (Å²) < 4.78 is 1.45. The zero-order valence-corrected chi connectivity index (χ0v) is 19.6. The van der Waals surface area contributed by atoms with Gasteiger partial charge in [-0.2, -0.15) is 10.2 Å². The topological polar surface area (TPSA) is 132 Å². The van der Waals surface area contributed by atoms with E-state index in [4.69, 9.17) is 5.73 Å². The van der Waals surface area contributed by atoms with Gasteiger partial charge in [0, 0.05) is 18.3 Å². The molecule has 1 aliphatic rings. The zero-order chi connectivity index (χ0) is 23.7. The van der Waals surface area contributed by atoms with Crippen LogP contribution in [0.1, 0.15) is 66.1 Å². The SMILES string of the molecule is Cc1n[nH]c(C)c1-c1ccc(NC(=O)C(c2cc(C(N)=O)n(C)n2)C2CCC(C)CC2)cn1. The molecule has 1 aliphatic carbocycles. The average Bonchev–Trinajstić information content (AvgIpc) is 3.32. The molecule has 3 aromatic rings. The Morgan fingerprint density at radius 1 is 1.21 bits per heavy atom. The molecule has 1 atom stereocenters. The summed E-state index contributed by atoms with van der Waals surface area (Å²) in [5.41, 5.74) is 10.6. The van der Waals surface area contributed by atoms with Gasteiger partial charge >= 0.3 is 0 Å². The number of hydrogen-bond donors (Lipinski definition) is 3. The fraction of sp³-hybridized carbons (Fsp3) is 0.458. The lowest BCUT2D eigenvalue weighted by Crippen LogP contribution is -2.30. The Balaban J connectivity index is 1.59. The van der Waals surface area contributed by atoms with Crippen molar-refractivity contribution in [3.63, 3.8) is 0 Å². The second-order valence-corrected chi connectivity index (χ2v) is 9.17. The highest BCUT2D eigenvalue weighted by Crippen LogP contribution is 2.38. The van der Waals surface area contributed by atoms with Crippen LogP contribution in [0.5, 0.6) is 0 Å². The number of aromatic amines is 1. The summed E-state index contributed by atoms with van der Waals surface area (Å²) in [7, 11) is 1.67. The van der Waals surface area contributed by atoms with Crippen LogP contribution in [0.25, 0.3) is 11.3 Å². The molecule has 4 rings (SSSR count). The Labute approximate surface area is 193 Å². The van der Waals surface area contributed by atoms with Gasteiger partial charge in [-0.1, -0.05) is 19.8 Å². The zero-order valence-electron chi connectivity index (χ0n) is 19.6. The number of anilines is 1. The molecule has 0 radical (unpaired) electrons. The third kappa shape index (κ3) is 4.67. The number of primary amides is 1. The average molecular weight is 450 g/mol. The van der Waals surface area contributed by atoms with Gasteiger partial charge in [-0.25, -0.2) is 0 Å². The van der Waals surface area contributed by atoms with Crippen molar-refractivity contribution in [1.82, 2.24) is 25.0 Å². The molecule has 1 fully saturated rings. The highest BCUT2D eigenvalue weighted by Gasteiger charge is 2.35. The van der Waals surface area contributed by atoms with Gasteiger partial charge in [0.25, 0.3) is 5.91 Å². The van der Waals surface area contributed by atoms with Gasteiger partial charge in [0.2, 0.25) is 5.91 Å². The van der Waals surface area contributed by atoms with Gasteiger partial charge in [-0.3, -0.25) is 24.4 Å². The Morgan fingerprint density at radius 3 is 2.48 bits per heavy atom. The van der Waals surface area contributed by atoms with Gasteiger partial charge in [0.05, 0.1) is 34.9 Å². The highest BCUT2D eigenvalue weighted by molar-refractivity contribution is 5.97. The number of carbonyl (C=O) groups is 2. The monoisotopic (exact) mass is 449 g/mol. The lowest BCUT2D eigenvalue weighted by molar-refractivity contribution is -0.119. The number of aryl methyl sites for hydroxylation is 3. The number of nitrogens with two attached hydrogens (primary N) is 1. The summed E-state index contributed by atoms with van der Waals surface area (Å²) in [5, 5.41) is 14.7. The van der Waals surface area contributed by atoms with Crippen LogP contribution in [0.2, 0.25) is 0 Å². The van der Waals surface area contributed by atoms with Crippen molar-refractivity contribution in [2.24, 2.45) is 24.6 Å². The van der Waals surface area contributed by atoms with Crippen LogP contribution in [-0.4, -0.2) is 36.8 Å². The van der Waals surface area contributed by atoms with Gasteiger partial charge in [-0.05, 0) is 56.7 Å². The highest BCUT2D eigenvalue weighted by atomic mass is 16.2. The first-order chi connectivity index (χ1) is 15.7. The maximum atomic E-state index is 13.5. The molecule has 4 N–H and O–H groups in total. The summed E-state index contributed by atoms with van der Waals surface area (Å²) in [6.07, 6.45) is 5.69. The third-order valence-corrected chi connectivity index (χ3v) is 6.70. The van der Waals surface area contributed by atoms with Gasteiger partial charge in [0.1, 0.15) is 5.69 Å². The number of rotatable bonds is 6. The largest absolute Gasteiger partial charge is 0.364 e. The summed E-state index contributed by atoms with van der Waals surface area (Å²) in [6.45, 7) is 6.13. The molecule has 174 valence electrons. The van der Waals surface area contributed by atoms with Crippen molar-refractivity contribution in [1.29, 1.82) is 0 Å². The van der Waals surface area contributed by atoms with Crippen molar-refractivity contribution in [3.8, 4) is 11.3 Å². The second kappa shape index (κ2) is 9.17. The van der Waals surface area contributed by atoms with Gasteiger partial charge < -0.3 is 11.1 Å². The number of H-pyrrole nitrogens is 1. The second-order valence-electron chi connectivity index (χ2n) is 9.17. The number of carbonyl (C=O) groups excluding carboxylic acids is 2. The molecule has 9 heteroatoms. The van der Waals surface area contributed by atoms with Crippen molar-refractivity contribution < 1.29 is 9.59 Å². The van der Waals surface area contributed by atoms with Crippen molar-refractivity contribution in [3.05, 3.63) is 47.2 Å². The maximum absolute atomic E-state index is 13.5. The van der Waals surface area contributed by atoms with Gasteiger partial charge in [0.15, 0.2) is 0 Å². The summed E-state index contributed by atoms with van der Waals surface area (Å²) in [5.74, 6) is -0.359. The molecular formula is C24H31N7O2. The molecule has 0 spiro atoms. The predicted molar refractivity (Wildman–Crippen MR) is 126 cm³/mol. The van der Waals surface area contributed by atoms with Gasteiger partial charge in [-0.15, -0.1) is 0 Å². The van der Waals surface area contributed by atoms with E-state index >= 15 is 0 Å². The van der Waals surface area contributed by atoms with E-state index in [0.29, 0.717) is 23.0 Å². The number of aromatic nitrogens is 5. The molecule has 0 saturated heterocycles.